The van der Waals surface area contributed by atoms with Crippen LogP contribution in [-0.4, -0.2) is 30.1 Å². The molecule has 0 spiro atoms. The number of nitrogens with one attached hydrogen (secondary N) is 1. The number of carbonyl (C=O) groups is 2. The normalized spacial score (nSPS) is 16.7. The maximum Gasteiger partial charge on any atom is 0.230 e. The summed E-state index contributed by atoms with van der Waals surface area (Å²) in [5, 5.41) is 11.6. The summed E-state index contributed by atoms with van der Waals surface area (Å²) in [5.74, 6) is 0.418. The van der Waals surface area contributed by atoms with Crippen LogP contribution in [0.25, 0.3) is 0 Å². The summed E-state index contributed by atoms with van der Waals surface area (Å²) in [6.07, 6.45) is 3.24. The second-order valence-corrected chi connectivity index (χ2v) is 7.19. The second-order valence-electron chi connectivity index (χ2n) is 7.19. The zero-order valence-corrected chi connectivity index (χ0v) is 17.4. The highest BCUT2D eigenvalue weighted by atomic mass is 16.3. The third-order valence-electron chi connectivity index (χ3n) is 5.26. The topological polar surface area (TPSA) is 69.6 Å². The van der Waals surface area contributed by atoms with Crippen LogP contribution in [0.2, 0.25) is 0 Å². The molecule has 2 aromatic carbocycles. The first kappa shape index (κ1) is 22.6. The molecule has 5 heteroatoms. The second kappa shape index (κ2) is 12.0. The third kappa shape index (κ3) is 6.71. The maximum absolute atomic E-state index is 11.9. The van der Waals surface area contributed by atoms with E-state index in [0.717, 1.165) is 37.2 Å². The Morgan fingerprint density at radius 2 is 1.72 bits per heavy atom. The molecule has 3 rings (SSSR count). The molecule has 156 valence electrons. The van der Waals surface area contributed by atoms with Crippen molar-refractivity contribution in [2.45, 2.75) is 39.5 Å². The number of para-hydroxylation sites is 2. The number of hydrogen-bond donors (Lipinski definition) is 2. The number of anilines is 2. The van der Waals surface area contributed by atoms with Crippen molar-refractivity contribution < 1.29 is 14.7 Å². The van der Waals surface area contributed by atoms with Gasteiger partial charge in [0.2, 0.25) is 11.8 Å². The molecule has 1 heterocycles. The van der Waals surface area contributed by atoms with E-state index in [4.69, 9.17) is 5.11 Å². The lowest BCUT2D eigenvalue weighted by atomic mass is 10.0. The number of aliphatic hydroxyl groups is 1. The summed E-state index contributed by atoms with van der Waals surface area (Å²) in [6, 6.07) is 19.3. The average molecular weight is 397 g/mol. The lowest BCUT2D eigenvalue weighted by Gasteiger charge is -2.16. The zero-order valence-electron chi connectivity index (χ0n) is 17.4. The first-order valence-electron chi connectivity index (χ1n) is 10.4. The fraction of sp³-hybridized carbons (Fsp3) is 0.417. The molecule has 1 fully saturated rings. The van der Waals surface area contributed by atoms with E-state index in [2.05, 4.69) is 12.2 Å². The zero-order chi connectivity index (χ0) is 21.1. The van der Waals surface area contributed by atoms with Crippen molar-refractivity contribution in [3.05, 3.63) is 60.7 Å². The largest absolute Gasteiger partial charge is 0.396 e. The molecule has 2 aromatic rings. The SMILES string of the molecule is CCC(CCO)C(=O)Nc1ccccc1.CCC1CCN(c2ccccc2)C1=O. The van der Waals surface area contributed by atoms with E-state index >= 15 is 0 Å². The van der Waals surface area contributed by atoms with Crippen LogP contribution in [0, 0.1) is 11.8 Å². The minimum Gasteiger partial charge on any atom is -0.396 e. The quantitative estimate of drug-likeness (QED) is 0.725. The molecule has 0 bridgehead atoms. The Labute approximate surface area is 173 Å². The minimum absolute atomic E-state index is 0.0160. The van der Waals surface area contributed by atoms with Crippen LogP contribution in [0.3, 0.4) is 0 Å². The van der Waals surface area contributed by atoms with Gasteiger partial charge in [0.05, 0.1) is 0 Å². The molecule has 2 amide bonds. The summed E-state index contributed by atoms with van der Waals surface area (Å²) in [4.78, 5) is 25.5. The molecule has 0 saturated carbocycles. The molecule has 2 N–H and O–H groups in total. The number of nitrogens with zero attached hydrogens (tertiary/aromatic N) is 1. The van der Waals surface area contributed by atoms with E-state index in [1.165, 1.54) is 0 Å². The summed E-state index contributed by atoms with van der Waals surface area (Å²) in [5.41, 5.74) is 1.84. The maximum atomic E-state index is 11.9. The standard InChI is InChI=1S/C12H17NO2.C12H15NO/c1-2-10(8-9-14)12(15)13-11-6-4-3-5-7-11;1-2-10-8-9-13(12(10)14)11-6-4-3-5-7-11/h3-7,10,14H,2,8-9H2,1H3,(H,13,15);3-7,10H,2,8-9H2,1H3. The van der Waals surface area contributed by atoms with Crippen LogP contribution >= 0.6 is 0 Å². The van der Waals surface area contributed by atoms with E-state index in [1.807, 2.05) is 72.5 Å². The van der Waals surface area contributed by atoms with Gasteiger partial charge in [-0.25, -0.2) is 0 Å². The Kier molecular flexibility index (Phi) is 9.38. The average Bonchev–Trinajstić information content (AvgIpc) is 3.14. The number of benzene rings is 2. The predicted molar refractivity (Wildman–Crippen MR) is 118 cm³/mol. The van der Waals surface area contributed by atoms with Crippen molar-refractivity contribution in [3.8, 4) is 0 Å². The minimum atomic E-state index is -0.102. The van der Waals surface area contributed by atoms with Crippen LogP contribution in [0.15, 0.2) is 60.7 Å². The smallest absolute Gasteiger partial charge is 0.230 e. The number of rotatable bonds is 7. The molecule has 1 saturated heterocycles. The molecular formula is C24H32N2O3. The van der Waals surface area contributed by atoms with Gasteiger partial charge in [-0.15, -0.1) is 0 Å². The van der Waals surface area contributed by atoms with Crippen molar-refractivity contribution >= 4 is 23.2 Å². The Morgan fingerprint density at radius 1 is 1.10 bits per heavy atom. The van der Waals surface area contributed by atoms with Crippen LogP contribution < -0.4 is 10.2 Å². The Morgan fingerprint density at radius 3 is 2.24 bits per heavy atom. The van der Waals surface area contributed by atoms with E-state index in [9.17, 15) is 9.59 Å². The fourth-order valence-corrected chi connectivity index (χ4v) is 3.42. The Bertz CT molecular complexity index is 749. The first-order valence-corrected chi connectivity index (χ1v) is 10.4. The van der Waals surface area contributed by atoms with Gasteiger partial charge in [-0.1, -0.05) is 50.2 Å². The lowest BCUT2D eigenvalue weighted by Crippen LogP contribution is -2.26. The van der Waals surface area contributed by atoms with Gasteiger partial charge in [0.25, 0.3) is 0 Å². The number of aliphatic hydroxyl groups excluding tert-OH is 1. The summed E-state index contributed by atoms with van der Waals surface area (Å²) in [7, 11) is 0. The Hall–Kier alpha value is -2.66. The molecule has 1 aliphatic heterocycles. The molecular weight excluding hydrogens is 364 g/mol. The predicted octanol–water partition coefficient (Wildman–Crippen LogP) is 4.48. The lowest BCUT2D eigenvalue weighted by molar-refractivity contribution is -0.121. The molecule has 29 heavy (non-hydrogen) atoms. The van der Waals surface area contributed by atoms with Gasteiger partial charge in [-0.2, -0.15) is 0 Å². The summed E-state index contributed by atoms with van der Waals surface area (Å²) < 4.78 is 0. The number of hydrogen-bond acceptors (Lipinski definition) is 3. The van der Waals surface area contributed by atoms with Gasteiger partial charge in [-0.3, -0.25) is 9.59 Å². The van der Waals surface area contributed by atoms with Crippen LogP contribution in [0.1, 0.15) is 39.5 Å². The number of carbonyl (C=O) groups excluding carboxylic acids is 2. The summed E-state index contributed by atoms with van der Waals surface area (Å²) >= 11 is 0. The van der Waals surface area contributed by atoms with E-state index in [1.54, 1.807) is 0 Å². The Balaban J connectivity index is 0.000000207. The molecule has 0 aromatic heterocycles. The fourth-order valence-electron chi connectivity index (χ4n) is 3.42. The van der Waals surface area contributed by atoms with Gasteiger partial charge >= 0.3 is 0 Å². The van der Waals surface area contributed by atoms with Gasteiger partial charge < -0.3 is 15.3 Å². The van der Waals surface area contributed by atoms with Crippen LogP contribution in [0.5, 0.6) is 0 Å². The highest BCUT2D eigenvalue weighted by Gasteiger charge is 2.30. The first-order chi connectivity index (χ1) is 14.1. The van der Waals surface area contributed by atoms with Crippen LogP contribution in [0.4, 0.5) is 11.4 Å². The van der Waals surface area contributed by atoms with E-state index in [0.29, 0.717) is 12.3 Å². The molecule has 0 aliphatic carbocycles. The third-order valence-corrected chi connectivity index (χ3v) is 5.26. The van der Waals surface area contributed by atoms with E-state index < -0.39 is 0 Å². The van der Waals surface area contributed by atoms with Crippen molar-refractivity contribution in [3.63, 3.8) is 0 Å². The summed E-state index contributed by atoms with van der Waals surface area (Å²) in [6.45, 7) is 4.96. The van der Waals surface area contributed by atoms with Gasteiger partial charge in [0, 0.05) is 36.4 Å². The monoisotopic (exact) mass is 396 g/mol. The number of amides is 2. The van der Waals surface area contributed by atoms with Crippen molar-refractivity contribution in [1.29, 1.82) is 0 Å². The van der Waals surface area contributed by atoms with Gasteiger partial charge in [-0.05, 0) is 49.9 Å². The molecule has 1 aliphatic rings. The van der Waals surface area contributed by atoms with Crippen molar-refractivity contribution in [2.75, 3.05) is 23.4 Å². The highest BCUT2D eigenvalue weighted by molar-refractivity contribution is 5.97. The van der Waals surface area contributed by atoms with Crippen molar-refractivity contribution in [1.82, 2.24) is 0 Å². The molecule has 5 nitrogen and oxygen atoms in total. The molecule has 2 atom stereocenters. The van der Waals surface area contributed by atoms with Crippen LogP contribution in [-0.2, 0) is 9.59 Å². The molecule has 0 radical (unpaired) electrons. The molecule has 2 unspecified atom stereocenters. The van der Waals surface area contributed by atoms with Gasteiger partial charge in [0.15, 0.2) is 0 Å². The van der Waals surface area contributed by atoms with E-state index in [-0.39, 0.29) is 24.3 Å². The van der Waals surface area contributed by atoms with Crippen molar-refractivity contribution in [2.24, 2.45) is 11.8 Å². The highest BCUT2D eigenvalue weighted by Crippen LogP contribution is 2.26. The van der Waals surface area contributed by atoms with Gasteiger partial charge in [0.1, 0.15) is 0 Å².